The SMILES string of the molecule is Fc1ccc(Nc2ncc(Br)cc2F)cc1. The van der Waals surface area contributed by atoms with E-state index < -0.39 is 5.82 Å². The van der Waals surface area contributed by atoms with Crippen LogP contribution in [0.1, 0.15) is 0 Å². The molecule has 0 saturated heterocycles. The molecule has 0 saturated carbocycles. The van der Waals surface area contributed by atoms with Crippen molar-refractivity contribution in [3.63, 3.8) is 0 Å². The molecule has 16 heavy (non-hydrogen) atoms. The lowest BCUT2D eigenvalue weighted by molar-refractivity contribution is 0.625. The van der Waals surface area contributed by atoms with Crippen molar-refractivity contribution in [2.24, 2.45) is 0 Å². The number of aromatic nitrogens is 1. The third-order valence-electron chi connectivity index (χ3n) is 1.91. The van der Waals surface area contributed by atoms with E-state index in [1.54, 1.807) is 0 Å². The standard InChI is InChI=1S/C11H7BrF2N2/c12-7-5-10(14)11(15-6-7)16-9-3-1-8(13)2-4-9/h1-6H,(H,15,16). The van der Waals surface area contributed by atoms with E-state index in [9.17, 15) is 8.78 Å². The minimum absolute atomic E-state index is 0.106. The fourth-order valence-corrected chi connectivity index (χ4v) is 1.48. The van der Waals surface area contributed by atoms with Gasteiger partial charge in [-0.15, -0.1) is 0 Å². The first-order chi connectivity index (χ1) is 7.65. The van der Waals surface area contributed by atoms with Gasteiger partial charge >= 0.3 is 0 Å². The summed E-state index contributed by atoms with van der Waals surface area (Å²) in [5, 5.41) is 2.75. The highest BCUT2D eigenvalue weighted by atomic mass is 79.9. The van der Waals surface area contributed by atoms with Crippen LogP contribution in [0.3, 0.4) is 0 Å². The average molecular weight is 285 g/mol. The largest absolute Gasteiger partial charge is 0.338 e. The number of halogens is 3. The predicted octanol–water partition coefficient (Wildman–Crippen LogP) is 3.87. The first-order valence-corrected chi connectivity index (χ1v) is 5.28. The summed E-state index contributed by atoms with van der Waals surface area (Å²) in [4.78, 5) is 3.87. The fraction of sp³-hybridized carbons (Fsp3) is 0. The van der Waals surface area contributed by atoms with E-state index in [0.717, 1.165) is 0 Å². The Bertz CT molecular complexity index is 500. The molecule has 0 bridgehead atoms. The highest BCUT2D eigenvalue weighted by Crippen LogP contribution is 2.20. The smallest absolute Gasteiger partial charge is 0.166 e. The Morgan fingerprint density at radius 3 is 2.44 bits per heavy atom. The fourth-order valence-electron chi connectivity index (χ4n) is 1.18. The van der Waals surface area contributed by atoms with Crippen molar-refractivity contribution in [3.05, 3.63) is 52.6 Å². The molecule has 2 aromatic rings. The molecule has 0 unspecified atom stereocenters. The number of benzene rings is 1. The summed E-state index contributed by atoms with van der Waals surface area (Å²) in [5.74, 6) is -0.705. The topological polar surface area (TPSA) is 24.9 Å². The molecule has 5 heteroatoms. The molecule has 82 valence electrons. The van der Waals surface area contributed by atoms with Crippen LogP contribution in [0.5, 0.6) is 0 Å². The van der Waals surface area contributed by atoms with E-state index in [4.69, 9.17) is 0 Å². The van der Waals surface area contributed by atoms with Crippen molar-refractivity contribution in [1.82, 2.24) is 4.98 Å². The zero-order valence-electron chi connectivity index (χ0n) is 8.05. The molecule has 1 heterocycles. The quantitative estimate of drug-likeness (QED) is 0.906. The van der Waals surface area contributed by atoms with E-state index >= 15 is 0 Å². The molecule has 0 aliphatic carbocycles. The molecule has 2 rings (SSSR count). The van der Waals surface area contributed by atoms with Gasteiger partial charge in [0.15, 0.2) is 11.6 Å². The number of rotatable bonds is 2. The average Bonchev–Trinajstić information content (AvgIpc) is 2.25. The van der Waals surface area contributed by atoms with Crippen molar-refractivity contribution in [3.8, 4) is 0 Å². The first kappa shape index (κ1) is 11.0. The molecule has 2 nitrogen and oxygen atoms in total. The molecule has 0 fully saturated rings. The van der Waals surface area contributed by atoms with Crippen LogP contribution in [-0.2, 0) is 0 Å². The van der Waals surface area contributed by atoms with Gasteiger partial charge in [-0.2, -0.15) is 0 Å². The Labute approximate surface area is 99.5 Å². The second-order valence-corrected chi connectivity index (χ2v) is 4.03. The van der Waals surface area contributed by atoms with Gasteiger partial charge in [0.25, 0.3) is 0 Å². The molecule has 1 aromatic heterocycles. The van der Waals surface area contributed by atoms with Crippen LogP contribution in [0.15, 0.2) is 41.0 Å². The summed E-state index contributed by atoms with van der Waals surface area (Å²) in [7, 11) is 0. The summed E-state index contributed by atoms with van der Waals surface area (Å²) in [6.45, 7) is 0. The van der Waals surface area contributed by atoms with Crippen molar-refractivity contribution < 1.29 is 8.78 Å². The molecular formula is C11H7BrF2N2. The lowest BCUT2D eigenvalue weighted by Crippen LogP contribution is -1.96. The maximum absolute atomic E-state index is 13.4. The lowest BCUT2D eigenvalue weighted by Gasteiger charge is -2.06. The number of pyridine rings is 1. The Kier molecular flexibility index (Phi) is 3.14. The normalized spacial score (nSPS) is 10.2. The molecule has 0 spiro atoms. The van der Waals surface area contributed by atoms with Gasteiger partial charge in [0.05, 0.1) is 0 Å². The maximum atomic E-state index is 13.4. The molecular weight excluding hydrogens is 278 g/mol. The van der Waals surface area contributed by atoms with E-state index in [2.05, 4.69) is 26.2 Å². The highest BCUT2D eigenvalue weighted by molar-refractivity contribution is 9.10. The van der Waals surface area contributed by atoms with Crippen molar-refractivity contribution >= 4 is 27.4 Å². The zero-order chi connectivity index (χ0) is 11.5. The van der Waals surface area contributed by atoms with Gasteiger partial charge in [-0.1, -0.05) is 0 Å². The Morgan fingerprint density at radius 1 is 1.12 bits per heavy atom. The number of nitrogens with one attached hydrogen (secondary N) is 1. The number of nitrogens with zero attached hydrogens (tertiary/aromatic N) is 1. The van der Waals surface area contributed by atoms with Gasteiger partial charge in [0, 0.05) is 16.4 Å². The van der Waals surface area contributed by atoms with Crippen LogP contribution < -0.4 is 5.32 Å². The summed E-state index contributed by atoms with van der Waals surface area (Å²) in [6.07, 6.45) is 1.48. The monoisotopic (exact) mass is 284 g/mol. The van der Waals surface area contributed by atoms with E-state index in [0.29, 0.717) is 10.2 Å². The predicted molar refractivity (Wildman–Crippen MR) is 61.6 cm³/mol. The van der Waals surface area contributed by atoms with Crippen molar-refractivity contribution in [1.29, 1.82) is 0 Å². The van der Waals surface area contributed by atoms with Crippen LogP contribution >= 0.6 is 15.9 Å². The van der Waals surface area contributed by atoms with Crippen molar-refractivity contribution in [2.75, 3.05) is 5.32 Å². The zero-order valence-corrected chi connectivity index (χ0v) is 9.63. The maximum Gasteiger partial charge on any atom is 0.166 e. The van der Waals surface area contributed by atoms with Gasteiger partial charge in [-0.3, -0.25) is 0 Å². The third-order valence-corrected chi connectivity index (χ3v) is 2.35. The second kappa shape index (κ2) is 4.57. The molecule has 0 aliphatic heterocycles. The lowest BCUT2D eigenvalue weighted by atomic mass is 10.3. The van der Waals surface area contributed by atoms with Gasteiger partial charge < -0.3 is 5.32 Å². The molecule has 1 N–H and O–H groups in total. The number of hydrogen-bond donors (Lipinski definition) is 1. The Hall–Kier alpha value is -1.49. The van der Waals surface area contributed by atoms with Crippen molar-refractivity contribution in [2.45, 2.75) is 0 Å². The van der Waals surface area contributed by atoms with Crippen LogP contribution in [-0.4, -0.2) is 4.98 Å². The molecule has 0 amide bonds. The van der Waals surface area contributed by atoms with Crippen LogP contribution in [0.25, 0.3) is 0 Å². The van der Waals surface area contributed by atoms with Gasteiger partial charge in [-0.25, -0.2) is 13.8 Å². The van der Waals surface area contributed by atoms with Gasteiger partial charge in [-0.05, 0) is 46.3 Å². The molecule has 0 aliphatic rings. The number of anilines is 2. The van der Waals surface area contributed by atoms with Gasteiger partial charge in [0.1, 0.15) is 5.82 Å². The number of hydrogen-bond acceptors (Lipinski definition) is 2. The Balaban J connectivity index is 2.23. The third kappa shape index (κ3) is 2.55. The summed E-state index contributed by atoms with van der Waals surface area (Å²) < 4.78 is 26.6. The van der Waals surface area contributed by atoms with Crippen LogP contribution in [0.4, 0.5) is 20.3 Å². The molecule has 0 atom stereocenters. The van der Waals surface area contributed by atoms with Crippen LogP contribution in [0.2, 0.25) is 0 Å². The minimum atomic E-state index is -0.473. The first-order valence-electron chi connectivity index (χ1n) is 4.49. The minimum Gasteiger partial charge on any atom is -0.338 e. The van der Waals surface area contributed by atoms with E-state index in [-0.39, 0.29) is 11.6 Å². The molecule has 0 radical (unpaired) electrons. The highest BCUT2D eigenvalue weighted by Gasteiger charge is 2.04. The second-order valence-electron chi connectivity index (χ2n) is 3.12. The van der Waals surface area contributed by atoms with Gasteiger partial charge in [0.2, 0.25) is 0 Å². The summed E-state index contributed by atoms with van der Waals surface area (Å²) >= 11 is 3.11. The molecule has 1 aromatic carbocycles. The summed E-state index contributed by atoms with van der Waals surface area (Å²) in [5.41, 5.74) is 0.579. The van der Waals surface area contributed by atoms with E-state index in [1.165, 1.54) is 36.5 Å². The van der Waals surface area contributed by atoms with Crippen LogP contribution in [0, 0.1) is 11.6 Å². The Morgan fingerprint density at radius 2 is 1.81 bits per heavy atom. The van der Waals surface area contributed by atoms with E-state index in [1.807, 2.05) is 0 Å². The summed E-state index contributed by atoms with van der Waals surface area (Å²) in [6, 6.07) is 6.91.